The van der Waals surface area contributed by atoms with Crippen LogP contribution in [0.5, 0.6) is 0 Å². The van der Waals surface area contributed by atoms with Crippen LogP contribution in [0.2, 0.25) is 0 Å². The molecule has 0 aliphatic carbocycles. The number of nitrogens with one attached hydrogen (secondary N) is 1. The third-order valence-corrected chi connectivity index (χ3v) is 8.10. The van der Waals surface area contributed by atoms with Crippen LogP contribution in [0.4, 0.5) is 24.8 Å². The molecule has 2 saturated heterocycles. The Hall–Kier alpha value is -4.52. The van der Waals surface area contributed by atoms with Crippen molar-refractivity contribution in [3.05, 3.63) is 71.9 Å². The minimum absolute atomic E-state index is 0.0196. The predicted octanol–water partition coefficient (Wildman–Crippen LogP) is 4.92. The van der Waals surface area contributed by atoms with Gasteiger partial charge in [0.15, 0.2) is 0 Å². The molecule has 3 N–H and O–H groups in total. The fourth-order valence-corrected chi connectivity index (χ4v) is 5.80. The van der Waals surface area contributed by atoms with Gasteiger partial charge in [0.25, 0.3) is 11.8 Å². The standard InChI is InChI=1S/C30H30F3N7O3/c1-17-4-5-20(16-40(17)29(42)22-3-2-14-43-22)27-38-24(25-26(34)36-12-13-39(25)27)18-6-8-19(9-7-18)28(41)37-23-15-21(10-11-35-23)30(31,32)33/h6-13,15,17,20,22H,2-5,14,16H2,1H3,(H2,34,36)(H,35,37,41)/t17-,20+,22?/m0/s1. The van der Waals surface area contributed by atoms with Crippen LogP contribution in [0.1, 0.15) is 60.3 Å². The molecule has 0 radical (unpaired) electrons. The largest absolute Gasteiger partial charge is 0.416 e. The number of carbonyl (C=O) groups is 2. The monoisotopic (exact) mass is 593 g/mol. The number of rotatable bonds is 5. The Kier molecular flexibility index (Phi) is 7.50. The molecule has 3 atom stereocenters. The average Bonchev–Trinajstić information content (AvgIpc) is 3.67. The van der Waals surface area contributed by atoms with E-state index >= 15 is 0 Å². The number of piperidine rings is 1. The number of carbonyl (C=O) groups excluding carboxylic acids is 2. The molecule has 224 valence electrons. The van der Waals surface area contributed by atoms with Crippen LogP contribution in [0.3, 0.4) is 0 Å². The molecular weight excluding hydrogens is 563 g/mol. The molecule has 2 aliphatic rings. The highest BCUT2D eigenvalue weighted by Crippen LogP contribution is 2.36. The van der Waals surface area contributed by atoms with E-state index in [2.05, 4.69) is 22.2 Å². The van der Waals surface area contributed by atoms with Gasteiger partial charge in [0.2, 0.25) is 0 Å². The van der Waals surface area contributed by atoms with Crippen LogP contribution < -0.4 is 11.1 Å². The molecule has 13 heteroatoms. The molecule has 0 saturated carbocycles. The summed E-state index contributed by atoms with van der Waals surface area (Å²) in [4.78, 5) is 41.0. The summed E-state index contributed by atoms with van der Waals surface area (Å²) in [5.74, 6) is 0.197. The summed E-state index contributed by atoms with van der Waals surface area (Å²) >= 11 is 0. The van der Waals surface area contributed by atoms with Crippen molar-refractivity contribution in [2.75, 3.05) is 24.2 Å². The van der Waals surface area contributed by atoms with Gasteiger partial charge in [-0.15, -0.1) is 0 Å². The molecular formula is C30H30F3N7O3. The molecule has 2 fully saturated rings. The van der Waals surface area contributed by atoms with E-state index in [9.17, 15) is 22.8 Å². The van der Waals surface area contributed by atoms with Crippen LogP contribution in [0.15, 0.2) is 55.0 Å². The predicted molar refractivity (Wildman–Crippen MR) is 152 cm³/mol. The van der Waals surface area contributed by atoms with Crippen LogP contribution in [-0.2, 0) is 15.7 Å². The summed E-state index contributed by atoms with van der Waals surface area (Å²) < 4.78 is 46.7. The number of hydrogen-bond donors (Lipinski definition) is 2. The number of pyridine rings is 1. The maximum absolute atomic E-state index is 13.3. The fraction of sp³-hybridized carbons (Fsp3) is 0.367. The molecule has 6 rings (SSSR count). The van der Waals surface area contributed by atoms with Crippen LogP contribution in [-0.4, -0.2) is 61.4 Å². The van der Waals surface area contributed by atoms with E-state index in [1.165, 1.54) is 0 Å². The van der Waals surface area contributed by atoms with Crippen molar-refractivity contribution in [3.63, 3.8) is 0 Å². The van der Waals surface area contributed by atoms with E-state index in [0.717, 1.165) is 49.8 Å². The van der Waals surface area contributed by atoms with Crippen molar-refractivity contribution < 1.29 is 27.5 Å². The normalized spacial score (nSPS) is 20.8. The average molecular weight is 594 g/mol. The quantitative estimate of drug-likeness (QED) is 0.336. The smallest absolute Gasteiger partial charge is 0.382 e. The van der Waals surface area contributed by atoms with Crippen molar-refractivity contribution in [1.29, 1.82) is 0 Å². The number of fused-ring (bicyclic) bond motifs is 1. The van der Waals surface area contributed by atoms with Gasteiger partial charge < -0.3 is 20.7 Å². The van der Waals surface area contributed by atoms with E-state index in [-0.39, 0.29) is 35.1 Å². The maximum Gasteiger partial charge on any atom is 0.416 e. The molecule has 10 nitrogen and oxygen atoms in total. The van der Waals surface area contributed by atoms with E-state index in [1.54, 1.807) is 36.7 Å². The molecule has 5 heterocycles. The summed E-state index contributed by atoms with van der Waals surface area (Å²) in [6.07, 6.45) is 2.71. The summed E-state index contributed by atoms with van der Waals surface area (Å²) in [5, 5.41) is 2.41. The lowest BCUT2D eigenvalue weighted by Crippen LogP contribution is -2.49. The molecule has 1 unspecified atom stereocenters. The summed E-state index contributed by atoms with van der Waals surface area (Å²) in [7, 11) is 0. The van der Waals surface area contributed by atoms with Crippen molar-refractivity contribution in [1.82, 2.24) is 24.3 Å². The molecule has 1 aromatic carbocycles. The number of nitrogens with two attached hydrogens (primary N) is 1. The summed E-state index contributed by atoms with van der Waals surface area (Å²) in [6.45, 7) is 3.16. The second-order valence-corrected chi connectivity index (χ2v) is 10.9. The molecule has 3 aromatic heterocycles. The SMILES string of the molecule is C[C@H]1CC[C@@H](c2nc(-c3ccc(C(=O)Nc4cc(C(F)(F)F)ccn4)cc3)c3c(N)nccn23)CN1C(=O)C1CCCO1. The van der Waals surface area contributed by atoms with Gasteiger partial charge in [0.05, 0.1) is 5.56 Å². The van der Waals surface area contributed by atoms with E-state index in [0.29, 0.717) is 29.9 Å². The number of nitrogen functional groups attached to an aromatic ring is 1. The van der Waals surface area contributed by atoms with Gasteiger partial charge in [-0.05, 0) is 56.9 Å². The highest BCUT2D eigenvalue weighted by molar-refractivity contribution is 6.04. The van der Waals surface area contributed by atoms with Gasteiger partial charge in [0.1, 0.15) is 34.8 Å². The highest BCUT2D eigenvalue weighted by atomic mass is 19.4. The Bertz CT molecular complexity index is 1670. The molecule has 2 amide bonds. The first-order chi connectivity index (χ1) is 20.6. The number of imidazole rings is 1. The van der Waals surface area contributed by atoms with E-state index in [4.69, 9.17) is 15.5 Å². The topological polar surface area (TPSA) is 128 Å². The second kappa shape index (κ2) is 11.3. The first-order valence-corrected chi connectivity index (χ1v) is 14.1. The lowest BCUT2D eigenvalue weighted by atomic mass is 9.92. The third-order valence-electron chi connectivity index (χ3n) is 8.10. The summed E-state index contributed by atoms with van der Waals surface area (Å²) in [5.41, 5.74) is 7.49. The number of amides is 2. The van der Waals surface area contributed by atoms with Crippen molar-refractivity contribution in [2.24, 2.45) is 0 Å². The van der Waals surface area contributed by atoms with Gasteiger partial charge in [-0.2, -0.15) is 13.2 Å². The van der Waals surface area contributed by atoms with Crippen LogP contribution in [0, 0.1) is 0 Å². The number of ether oxygens (including phenoxy) is 1. The van der Waals surface area contributed by atoms with Crippen LogP contribution in [0.25, 0.3) is 16.8 Å². The lowest BCUT2D eigenvalue weighted by molar-refractivity contribution is -0.144. The van der Waals surface area contributed by atoms with Crippen molar-refractivity contribution in [3.8, 4) is 11.3 Å². The molecule has 0 spiro atoms. The second-order valence-electron chi connectivity index (χ2n) is 10.9. The minimum atomic E-state index is -4.55. The minimum Gasteiger partial charge on any atom is -0.382 e. The Morgan fingerprint density at radius 1 is 1.07 bits per heavy atom. The van der Waals surface area contributed by atoms with E-state index in [1.807, 2.05) is 9.30 Å². The zero-order valence-electron chi connectivity index (χ0n) is 23.3. The zero-order chi connectivity index (χ0) is 30.3. The summed E-state index contributed by atoms with van der Waals surface area (Å²) in [6, 6.07) is 8.21. The Morgan fingerprint density at radius 3 is 2.58 bits per heavy atom. The molecule has 0 bridgehead atoms. The number of benzene rings is 1. The van der Waals surface area contributed by atoms with Gasteiger partial charge in [-0.25, -0.2) is 15.0 Å². The number of nitrogens with zero attached hydrogens (tertiary/aromatic N) is 5. The number of anilines is 2. The molecule has 4 aromatic rings. The zero-order valence-corrected chi connectivity index (χ0v) is 23.3. The van der Waals surface area contributed by atoms with Crippen molar-refractivity contribution >= 4 is 29.0 Å². The van der Waals surface area contributed by atoms with Crippen molar-refractivity contribution in [2.45, 2.75) is 56.8 Å². The third kappa shape index (κ3) is 5.64. The van der Waals surface area contributed by atoms with Gasteiger partial charge in [-0.1, -0.05) is 12.1 Å². The molecule has 2 aliphatic heterocycles. The number of aromatic nitrogens is 4. The number of likely N-dealkylation sites (tertiary alicyclic amines) is 1. The van der Waals surface area contributed by atoms with Gasteiger partial charge in [0, 0.05) is 54.8 Å². The van der Waals surface area contributed by atoms with E-state index < -0.39 is 23.8 Å². The first-order valence-electron chi connectivity index (χ1n) is 14.1. The lowest BCUT2D eigenvalue weighted by Gasteiger charge is -2.38. The fourth-order valence-electron chi connectivity index (χ4n) is 5.80. The Morgan fingerprint density at radius 2 is 1.86 bits per heavy atom. The van der Waals surface area contributed by atoms with Gasteiger partial charge >= 0.3 is 6.18 Å². The highest BCUT2D eigenvalue weighted by Gasteiger charge is 2.37. The Labute approximate surface area is 245 Å². The number of alkyl halides is 3. The maximum atomic E-state index is 13.3. The first kappa shape index (κ1) is 28.6. The van der Waals surface area contributed by atoms with Crippen LogP contribution >= 0.6 is 0 Å². The number of hydrogen-bond acceptors (Lipinski definition) is 7. The van der Waals surface area contributed by atoms with Gasteiger partial charge in [-0.3, -0.25) is 14.0 Å². The Balaban J connectivity index is 1.26. The number of halogens is 3. The molecule has 43 heavy (non-hydrogen) atoms.